The highest BCUT2D eigenvalue weighted by atomic mass is 16.5. The zero-order chi connectivity index (χ0) is 10.6. The largest absolute Gasteiger partial charge is 0.465 e. The van der Waals surface area contributed by atoms with E-state index in [1.54, 1.807) is 24.3 Å². The Morgan fingerprint density at radius 1 is 1.21 bits per heavy atom. The lowest BCUT2D eigenvalue weighted by atomic mass is 10.1. The highest BCUT2D eigenvalue weighted by Crippen LogP contribution is 2.06. The number of carbonyl (C=O) groups is 2. The van der Waals surface area contributed by atoms with Gasteiger partial charge in [0.15, 0.2) is 0 Å². The minimum absolute atomic E-state index is 0.107. The fraction of sp³-hybridized carbons (Fsp3) is 0.273. The highest BCUT2D eigenvalue weighted by molar-refractivity contribution is 5.89. The number of hydrogen-bond acceptors (Lipinski definition) is 3. The molecule has 1 aromatic carbocycles. The van der Waals surface area contributed by atoms with E-state index >= 15 is 0 Å². The lowest BCUT2D eigenvalue weighted by Crippen LogP contribution is -2.02. The molecule has 3 heteroatoms. The number of esters is 1. The van der Waals surface area contributed by atoms with E-state index in [9.17, 15) is 9.59 Å². The summed E-state index contributed by atoms with van der Waals surface area (Å²) in [5.74, 6) is -0.254. The SMILES string of the molecule is COC(=O)c1ccc(CC(C)=O)cc1. The smallest absolute Gasteiger partial charge is 0.337 e. The molecule has 1 aromatic rings. The molecule has 0 radical (unpaired) electrons. The van der Waals surface area contributed by atoms with E-state index < -0.39 is 0 Å². The van der Waals surface area contributed by atoms with Crippen molar-refractivity contribution < 1.29 is 14.3 Å². The third kappa shape index (κ3) is 2.69. The van der Waals surface area contributed by atoms with Gasteiger partial charge in [-0.1, -0.05) is 12.1 Å². The summed E-state index contributed by atoms with van der Waals surface area (Å²) in [5.41, 5.74) is 1.41. The molecular weight excluding hydrogens is 180 g/mol. The molecule has 0 N–H and O–H groups in total. The van der Waals surface area contributed by atoms with Crippen LogP contribution in [0.25, 0.3) is 0 Å². The van der Waals surface area contributed by atoms with E-state index in [1.807, 2.05) is 0 Å². The lowest BCUT2D eigenvalue weighted by Gasteiger charge is -2.00. The third-order valence-corrected chi connectivity index (χ3v) is 1.83. The number of methoxy groups -OCH3 is 1. The molecule has 0 atom stereocenters. The van der Waals surface area contributed by atoms with Crippen molar-refractivity contribution in [3.8, 4) is 0 Å². The maximum Gasteiger partial charge on any atom is 0.337 e. The van der Waals surface area contributed by atoms with Gasteiger partial charge in [-0.25, -0.2) is 4.79 Å². The van der Waals surface area contributed by atoms with Gasteiger partial charge in [0, 0.05) is 6.42 Å². The van der Waals surface area contributed by atoms with Crippen molar-refractivity contribution in [3.63, 3.8) is 0 Å². The van der Waals surface area contributed by atoms with Gasteiger partial charge in [0.2, 0.25) is 0 Å². The van der Waals surface area contributed by atoms with Gasteiger partial charge in [-0.05, 0) is 24.6 Å². The second kappa shape index (κ2) is 4.56. The number of carbonyl (C=O) groups excluding carboxylic acids is 2. The van der Waals surface area contributed by atoms with Crippen LogP contribution in [0.4, 0.5) is 0 Å². The van der Waals surface area contributed by atoms with Crippen LogP contribution in [0.5, 0.6) is 0 Å². The van der Waals surface area contributed by atoms with Crippen LogP contribution in [0.3, 0.4) is 0 Å². The number of ether oxygens (including phenoxy) is 1. The minimum Gasteiger partial charge on any atom is -0.465 e. The first-order valence-corrected chi connectivity index (χ1v) is 4.30. The van der Waals surface area contributed by atoms with E-state index in [2.05, 4.69) is 4.74 Å². The van der Waals surface area contributed by atoms with Crippen LogP contribution in [0, 0.1) is 0 Å². The predicted octanol–water partition coefficient (Wildman–Crippen LogP) is 1.60. The quantitative estimate of drug-likeness (QED) is 0.683. The Labute approximate surface area is 82.7 Å². The molecule has 0 aliphatic heterocycles. The molecule has 74 valence electrons. The van der Waals surface area contributed by atoms with E-state index in [0.717, 1.165) is 5.56 Å². The molecule has 0 amide bonds. The van der Waals surface area contributed by atoms with Crippen molar-refractivity contribution in [1.29, 1.82) is 0 Å². The molecule has 0 aliphatic rings. The van der Waals surface area contributed by atoms with Crippen LogP contribution >= 0.6 is 0 Å². The Morgan fingerprint density at radius 3 is 2.21 bits per heavy atom. The summed E-state index contributed by atoms with van der Waals surface area (Å²) in [6, 6.07) is 6.83. The van der Waals surface area contributed by atoms with Crippen LogP contribution in [-0.4, -0.2) is 18.9 Å². The van der Waals surface area contributed by atoms with Gasteiger partial charge in [-0.3, -0.25) is 4.79 Å². The first-order chi connectivity index (χ1) is 6.63. The third-order valence-electron chi connectivity index (χ3n) is 1.83. The first-order valence-electron chi connectivity index (χ1n) is 4.30. The van der Waals surface area contributed by atoms with Crippen molar-refractivity contribution in [2.45, 2.75) is 13.3 Å². The second-order valence-corrected chi connectivity index (χ2v) is 3.07. The summed E-state index contributed by atoms with van der Waals surface area (Å²) in [6.45, 7) is 1.54. The molecular formula is C11H12O3. The molecule has 0 unspecified atom stereocenters. The zero-order valence-corrected chi connectivity index (χ0v) is 8.24. The molecule has 0 bridgehead atoms. The van der Waals surface area contributed by atoms with Gasteiger partial charge in [0.1, 0.15) is 5.78 Å². The van der Waals surface area contributed by atoms with Gasteiger partial charge < -0.3 is 4.74 Å². The Kier molecular flexibility index (Phi) is 3.40. The molecule has 14 heavy (non-hydrogen) atoms. The van der Waals surface area contributed by atoms with E-state index in [4.69, 9.17) is 0 Å². The highest BCUT2D eigenvalue weighted by Gasteiger charge is 2.04. The topological polar surface area (TPSA) is 43.4 Å². The lowest BCUT2D eigenvalue weighted by molar-refractivity contribution is -0.116. The molecule has 1 rings (SSSR count). The summed E-state index contributed by atoms with van der Waals surface area (Å²) >= 11 is 0. The first kappa shape index (κ1) is 10.4. The molecule has 0 heterocycles. The van der Waals surface area contributed by atoms with Crippen molar-refractivity contribution in [2.75, 3.05) is 7.11 Å². The van der Waals surface area contributed by atoms with Crippen molar-refractivity contribution >= 4 is 11.8 Å². The standard InChI is InChI=1S/C11H12O3/c1-8(12)7-9-3-5-10(6-4-9)11(13)14-2/h3-6H,7H2,1-2H3. The van der Waals surface area contributed by atoms with Gasteiger partial charge in [-0.15, -0.1) is 0 Å². The van der Waals surface area contributed by atoms with Crippen molar-refractivity contribution in [1.82, 2.24) is 0 Å². The number of hydrogen-bond donors (Lipinski definition) is 0. The average molecular weight is 192 g/mol. The van der Waals surface area contributed by atoms with Crippen LogP contribution in [0.1, 0.15) is 22.8 Å². The average Bonchev–Trinajstić information content (AvgIpc) is 2.17. The van der Waals surface area contributed by atoms with E-state index in [1.165, 1.54) is 14.0 Å². The Balaban J connectivity index is 2.78. The number of ketones is 1. The maximum absolute atomic E-state index is 11.1. The summed E-state index contributed by atoms with van der Waals surface area (Å²) in [4.78, 5) is 21.9. The minimum atomic E-state index is -0.362. The monoisotopic (exact) mass is 192 g/mol. The summed E-state index contributed by atoms with van der Waals surface area (Å²) in [7, 11) is 1.34. The molecule has 0 fully saturated rings. The normalized spacial score (nSPS) is 9.57. The summed E-state index contributed by atoms with van der Waals surface area (Å²) in [5, 5.41) is 0. The van der Waals surface area contributed by atoms with Crippen LogP contribution in [0.15, 0.2) is 24.3 Å². The zero-order valence-electron chi connectivity index (χ0n) is 8.24. The number of rotatable bonds is 3. The fourth-order valence-electron chi connectivity index (χ4n) is 1.16. The summed E-state index contributed by atoms with van der Waals surface area (Å²) in [6.07, 6.45) is 0.404. The van der Waals surface area contributed by atoms with E-state index in [-0.39, 0.29) is 11.8 Å². The molecule has 3 nitrogen and oxygen atoms in total. The van der Waals surface area contributed by atoms with Crippen LogP contribution in [0.2, 0.25) is 0 Å². The predicted molar refractivity (Wildman–Crippen MR) is 52.2 cm³/mol. The van der Waals surface area contributed by atoms with Crippen LogP contribution in [-0.2, 0) is 16.0 Å². The van der Waals surface area contributed by atoms with E-state index in [0.29, 0.717) is 12.0 Å². The molecule has 0 aromatic heterocycles. The Morgan fingerprint density at radius 2 is 1.79 bits per heavy atom. The molecule has 0 saturated carbocycles. The second-order valence-electron chi connectivity index (χ2n) is 3.07. The maximum atomic E-state index is 11.1. The number of Topliss-reactive ketones (excluding diaryl/α,β-unsaturated/α-hetero) is 1. The molecule has 0 aliphatic carbocycles. The molecule has 0 saturated heterocycles. The fourth-order valence-corrected chi connectivity index (χ4v) is 1.16. The molecule has 0 spiro atoms. The Hall–Kier alpha value is -1.64. The summed E-state index contributed by atoms with van der Waals surface area (Å²) < 4.78 is 4.55. The Bertz CT molecular complexity index is 338. The van der Waals surface area contributed by atoms with Gasteiger partial charge in [0.05, 0.1) is 12.7 Å². The van der Waals surface area contributed by atoms with Crippen molar-refractivity contribution in [2.24, 2.45) is 0 Å². The van der Waals surface area contributed by atoms with Gasteiger partial charge in [-0.2, -0.15) is 0 Å². The number of benzene rings is 1. The van der Waals surface area contributed by atoms with Gasteiger partial charge in [0.25, 0.3) is 0 Å². The van der Waals surface area contributed by atoms with Crippen molar-refractivity contribution in [3.05, 3.63) is 35.4 Å². The van der Waals surface area contributed by atoms with Gasteiger partial charge >= 0.3 is 5.97 Å². The van der Waals surface area contributed by atoms with Crippen LogP contribution < -0.4 is 0 Å².